The van der Waals surface area contributed by atoms with Gasteiger partial charge in [0.05, 0.1) is 13.2 Å². The predicted octanol–water partition coefficient (Wildman–Crippen LogP) is 2.78. The van der Waals surface area contributed by atoms with E-state index in [1.165, 1.54) is 18.4 Å². The van der Waals surface area contributed by atoms with Crippen molar-refractivity contribution in [3.63, 3.8) is 0 Å². The van der Waals surface area contributed by atoms with Gasteiger partial charge in [0.2, 0.25) is 0 Å². The molecule has 20 heavy (non-hydrogen) atoms. The molecule has 0 aromatic heterocycles. The largest absolute Gasteiger partial charge is 0.497 e. The topological polar surface area (TPSA) is 32.7 Å². The second-order valence-corrected chi connectivity index (χ2v) is 6.22. The highest BCUT2D eigenvalue weighted by molar-refractivity contribution is 5.41. The van der Waals surface area contributed by atoms with Gasteiger partial charge in [0.15, 0.2) is 0 Å². The molecular formula is C17H25NO2. The zero-order chi connectivity index (χ0) is 14.1. The van der Waals surface area contributed by atoms with Crippen molar-refractivity contribution in [3.05, 3.63) is 29.3 Å². The molecule has 0 radical (unpaired) electrons. The summed E-state index contributed by atoms with van der Waals surface area (Å²) in [6.07, 6.45) is 4.47. The van der Waals surface area contributed by atoms with Gasteiger partial charge in [0.25, 0.3) is 0 Å². The molecule has 0 aliphatic heterocycles. The fraction of sp³-hybridized carbons (Fsp3) is 0.647. The number of aliphatic hydroxyl groups excluding tert-OH is 1. The molecule has 1 fully saturated rings. The van der Waals surface area contributed by atoms with Crippen molar-refractivity contribution >= 4 is 0 Å². The van der Waals surface area contributed by atoms with E-state index >= 15 is 0 Å². The highest BCUT2D eigenvalue weighted by Crippen LogP contribution is 2.38. The molecule has 0 spiro atoms. The summed E-state index contributed by atoms with van der Waals surface area (Å²) in [6.45, 7) is 4.46. The van der Waals surface area contributed by atoms with E-state index in [4.69, 9.17) is 4.74 Å². The standard InChI is InChI=1S/C17H25NO2/c1-3-8-18(11-12-4-5-12)16-9-13-6-7-14(20-2)10-15(13)17(16)19/h6-7,10,12,16-17,19H,3-5,8-9,11H2,1-2H3. The van der Waals surface area contributed by atoms with Crippen LogP contribution in [0.5, 0.6) is 5.75 Å². The van der Waals surface area contributed by atoms with Crippen LogP contribution in [0.15, 0.2) is 18.2 Å². The van der Waals surface area contributed by atoms with Gasteiger partial charge >= 0.3 is 0 Å². The van der Waals surface area contributed by atoms with E-state index in [9.17, 15) is 5.11 Å². The van der Waals surface area contributed by atoms with Crippen LogP contribution in [0.1, 0.15) is 43.4 Å². The monoisotopic (exact) mass is 275 g/mol. The molecule has 3 rings (SSSR count). The third kappa shape index (κ3) is 2.70. The Bertz CT molecular complexity index is 470. The minimum Gasteiger partial charge on any atom is -0.497 e. The van der Waals surface area contributed by atoms with Crippen molar-refractivity contribution < 1.29 is 9.84 Å². The molecule has 1 N–H and O–H groups in total. The van der Waals surface area contributed by atoms with Gasteiger partial charge in [0.1, 0.15) is 5.75 Å². The summed E-state index contributed by atoms with van der Waals surface area (Å²) in [7, 11) is 1.68. The van der Waals surface area contributed by atoms with Crippen LogP contribution < -0.4 is 4.74 Å². The molecular weight excluding hydrogens is 250 g/mol. The van der Waals surface area contributed by atoms with Crippen molar-refractivity contribution in [2.45, 2.75) is 44.8 Å². The Morgan fingerprint density at radius 2 is 2.15 bits per heavy atom. The van der Waals surface area contributed by atoms with Gasteiger partial charge < -0.3 is 9.84 Å². The Morgan fingerprint density at radius 3 is 2.80 bits per heavy atom. The first-order valence-electron chi connectivity index (χ1n) is 7.81. The molecule has 2 aliphatic carbocycles. The minimum absolute atomic E-state index is 0.248. The summed E-state index contributed by atoms with van der Waals surface area (Å²) >= 11 is 0. The van der Waals surface area contributed by atoms with Crippen LogP contribution in [0.2, 0.25) is 0 Å². The lowest BCUT2D eigenvalue weighted by molar-refractivity contribution is 0.0575. The number of methoxy groups -OCH3 is 1. The number of ether oxygens (including phenoxy) is 1. The Kier molecular flexibility index (Phi) is 3.99. The van der Waals surface area contributed by atoms with Gasteiger partial charge in [-0.1, -0.05) is 13.0 Å². The van der Waals surface area contributed by atoms with E-state index in [0.29, 0.717) is 0 Å². The van der Waals surface area contributed by atoms with Crippen molar-refractivity contribution in [2.24, 2.45) is 5.92 Å². The van der Waals surface area contributed by atoms with E-state index in [2.05, 4.69) is 17.9 Å². The van der Waals surface area contributed by atoms with Crippen molar-refractivity contribution in [1.29, 1.82) is 0 Å². The van der Waals surface area contributed by atoms with Crippen LogP contribution in [0.4, 0.5) is 0 Å². The van der Waals surface area contributed by atoms with Crippen LogP contribution in [0.25, 0.3) is 0 Å². The van der Waals surface area contributed by atoms with Gasteiger partial charge in [0, 0.05) is 12.6 Å². The molecule has 2 atom stereocenters. The highest BCUT2D eigenvalue weighted by atomic mass is 16.5. The zero-order valence-electron chi connectivity index (χ0n) is 12.5. The summed E-state index contributed by atoms with van der Waals surface area (Å²) in [5, 5.41) is 10.7. The number of rotatable bonds is 6. The van der Waals surface area contributed by atoms with E-state index in [1.807, 2.05) is 12.1 Å². The smallest absolute Gasteiger partial charge is 0.119 e. The number of aliphatic hydroxyl groups is 1. The second-order valence-electron chi connectivity index (χ2n) is 6.22. The predicted molar refractivity (Wildman–Crippen MR) is 80.0 cm³/mol. The molecule has 0 saturated heterocycles. The molecule has 2 unspecified atom stereocenters. The Morgan fingerprint density at radius 1 is 1.35 bits per heavy atom. The summed E-state index contributed by atoms with van der Waals surface area (Å²) in [4.78, 5) is 2.51. The lowest BCUT2D eigenvalue weighted by Gasteiger charge is -2.31. The first-order valence-corrected chi connectivity index (χ1v) is 7.81. The number of hydrogen-bond acceptors (Lipinski definition) is 3. The number of nitrogens with zero attached hydrogens (tertiary/aromatic N) is 1. The van der Waals surface area contributed by atoms with E-state index in [1.54, 1.807) is 7.11 Å². The van der Waals surface area contributed by atoms with Crippen molar-refractivity contribution in [1.82, 2.24) is 4.90 Å². The zero-order valence-corrected chi connectivity index (χ0v) is 12.5. The average Bonchev–Trinajstić information content (AvgIpc) is 3.22. The molecule has 2 aliphatic rings. The van der Waals surface area contributed by atoms with E-state index in [-0.39, 0.29) is 12.1 Å². The first kappa shape index (κ1) is 13.9. The maximum absolute atomic E-state index is 10.7. The third-order valence-corrected chi connectivity index (χ3v) is 4.63. The molecule has 3 heteroatoms. The van der Waals surface area contributed by atoms with E-state index < -0.39 is 0 Å². The van der Waals surface area contributed by atoms with Crippen LogP contribution in [-0.2, 0) is 6.42 Å². The first-order chi connectivity index (χ1) is 9.72. The normalized spacial score (nSPS) is 25.0. The lowest BCUT2D eigenvalue weighted by atomic mass is 10.1. The second kappa shape index (κ2) is 5.74. The third-order valence-electron chi connectivity index (χ3n) is 4.63. The van der Waals surface area contributed by atoms with Crippen molar-refractivity contribution in [3.8, 4) is 5.75 Å². The van der Waals surface area contributed by atoms with Crippen LogP contribution >= 0.6 is 0 Å². The molecule has 1 aromatic rings. The maximum Gasteiger partial charge on any atom is 0.119 e. The summed E-state index contributed by atoms with van der Waals surface area (Å²) in [5.74, 6) is 1.71. The number of fused-ring (bicyclic) bond motifs is 1. The molecule has 0 amide bonds. The Balaban J connectivity index is 1.77. The number of benzene rings is 1. The fourth-order valence-corrected chi connectivity index (χ4v) is 3.35. The quantitative estimate of drug-likeness (QED) is 0.866. The molecule has 110 valence electrons. The van der Waals surface area contributed by atoms with E-state index in [0.717, 1.165) is 43.2 Å². The Labute approximate surface area is 121 Å². The summed E-state index contributed by atoms with van der Waals surface area (Å²) in [5.41, 5.74) is 2.34. The fourth-order valence-electron chi connectivity index (χ4n) is 3.35. The molecule has 0 heterocycles. The van der Waals surface area contributed by atoms with Crippen LogP contribution in [-0.4, -0.2) is 36.2 Å². The van der Waals surface area contributed by atoms with Gasteiger partial charge in [-0.2, -0.15) is 0 Å². The molecule has 0 bridgehead atoms. The Hall–Kier alpha value is -1.06. The SMILES string of the molecule is CCCN(CC1CC1)C1Cc2ccc(OC)cc2C1O. The van der Waals surface area contributed by atoms with Crippen LogP contribution in [0, 0.1) is 5.92 Å². The summed E-state index contributed by atoms with van der Waals surface area (Å²) in [6, 6.07) is 6.36. The van der Waals surface area contributed by atoms with Crippen molar-refractivity contribution in [2.75, 3.05) is 20.2 Å². The molecule has 1 aromatic carbocycles. The van der Waals surface area contributed by atoms with Gasteiger partial charge in [-0.15, -0.1) is 0 Å². The van der Waals surface area contributed by atoms with Gasteiger partial charge in [-0.25, -0.2) is 0 Å². The molecule has 3 nitrogen and oxygen atoms in total. The minimum atomic E-state index is -0.370. The highest BCUT2D eigenvalue weighted by Gasteiger charge is 2.37. The van der Waals surface area contributed by atoms with Gasteiger partial charge in [-0.3, -0.25) is 4.90 Å². The van der Waals surface area contributed by atoms with Crippen LogP contribution in [0.3, 0.4) is 0 Å². The molecule has 1 saturated carbocycles. The van der Waals surface area contributed by atoms with Gasteiger partial charge in [-0.05, 0) is 61.4 Å². The number of hydrogen-bond donors (Lipinski definition) is 1. The lowest BCUT2D eigenvalue weighted by Crippen LogP contribution is -2.40. The average molecular weight is 275 g/mol. The summed E-state index contributed by atoms with van der Waals surface area (Å²) < 4.78 is 5.28. The maximum atomic E-state index is 10.7.